The molecule has 0 unspecified atom stereocenters. The van der Waals surface area contributed by atoms with Crippen molar-refractivity contribution in [2.45, 2.75) is 45.6 Å². The van der Waals surface area contributed by atoms with Crippen LogP contribution in [-0.2, 0) is 0 Å². The highest BCUT2D eigenvalue weighted by atomic mass is 32.2. The molecule has 0 radical (unpaired) electrons. The number of amides is 2. The maximum absolute atomic E-state index is 11.2. The van der Waals surface area contributed by atoms with Gasteiger partial charge in [0.05, 0.1) is 0 Å². The molecule has 3 nitrogen and oxygen atoms in total. The molecule has 0 heterocycles. The normalized spacial score (nSPS) is 10.4. The summed E-state index contributed by atoms with van der Waals surface area (Å²) in [6, 6.07) is 0.167. The molecule has 0 aliphatic rings. The molecule has 0 bridgehead atoms. The van der Waals surface area contributed by atoms with E-state index in [1.54, 1.807) is 0 Å². The Morgan fingerprint density at radius 3 is 2.47 bits per heavy atom. The molecule has 0 fully saturated rings. The highest BCUT2D eigenvalue weighted by molar-refractivity contribution is 7.98. The average Bonchev–Trinajstić information content (AvgIpc) is 2.15. The lowest BCUT2D eigenvalue weighted by molar-refractivity contribution is 0.238. The predicted octanol–water partition coefficient (Wildman–Crippen LogP) is 2.62. The van der Waals surface area contributed by atoms with Crippen molar-refractivity contribution in [1.82, 2.24) is 10.6 Å². The lowest BCUT2D eigenvalue weighted by Gasteiger charge is -2.09. The molecule has 2 N–H and O–H groups in total. The first-order valence-electron chi connectivity index (χ1n) is 5.70. The second-order valence-corrected chi connectivity index (χ2v) is 4.95. The molecule has 90 valence electrons. The second kappa shape index (κ2) is 10.1. The maximum atomic E-state index is 11.2. The smallest absolute Gasteiger partial charge is 0.314 e. The van der Waals surface area contributed by atoms with Crippen molar-refractivity contribution in [1.29, 1.82) is 0 Å². The van der Waals surface area contributed by atoms with Gasteiger partial charge >= 0.3 is 6.03 Å². The number of urea groups is 1. The van der Waals surface area contributed by atoms with Crippen molar-refractivity contribution in [3.63, 3.8) is 0 Å². The van der Waals surface area contributed by atoms with E-state index in [0.29, 0.717) is 0 Å². The Morgan fingerprint density at radius 2 is 1.87 bits per heavy atom. The van der Waals surface area contributed by atoms with E-state index in [9.17, 15) is 4.79 Å². The van der Waals surface area contributed by atoms with Gasteiger partial charge < -0.3 is 10.6 Å². The molecular weight excluding hydrogens is 208 g/mol. The number of rotatable bonds is 8. The summed E-state index contributed by atoms with van der Waals surface area (Å²) in [6.45, 7) is 4.71. The molecule has 0 saturated carbocycles. The van der Waals surface area contributed by atoms with Crippen LogP contribution >= 0.6 is 11.8 Å². The van der Waals surface area contributed by atoms with E-state index in [4.69, 9.17) is 0 Å². The van der Waals surface area contributed by atoms with Crippen LogP contribution in [0.5, 0.6) is 0 Å². The Hall–Kier alpha value is -0.380. The van der Waals surface area contributed by atoms with E-state index in [0.717, 1.165) is 13.0 Å². The largest absolute Gasteiger partial charge is 0.338 e. The number of carbonyl (C=O) groups excluding carboxylic acids is 1. The van der Waals surface area contributed by atoms with Crippen LogP contribution in [0, 0.1) is 0 Å². The van der Waals surface area contributed by atoms with Crippen molar-refractivity contribution in [3.8, 4) is 0 Å². The number of thioether (sulfide) groups is 1. The molecule has 0 aromatic carbocycles. The first kappa shape index (κ1) is 14.6. The van der Waals surface area contributed by atoms with Crippen molar-refractivity contribution in [2.75, 3.05) is 18.6 Å². The molecule has 0 aliphatic carbocycles. The summed E-state index contributed by atoms with van der Waals surface area (Å²) in [5.41, 5.74) is 0. The Balaban J connectivity index is 3.13. The SMILES string of the molecule is CSCCCCCCNC(=O)NC(C)C. The lowest BCUT2D eigenvalue weighted by atomic mass is 10.2. The van der Waals surface area contributed by atoms with Crippen molar-refractivity contribution in [3.05, 3.63) is 0 Å². The van der Waals surface area contributed by atoms with Crippen LogP contribution in [0.2, 0.25) is 0 Å². The minimum absolute atomic E-state index is 0.0471. The number of nitrogens with one attached hydrogen (secondary N) is 2. The fourth-order valence-electron chi connectivity index (χ4n) is 1.24. The van der Waals surface area contributed by atoms with Crippen LogP contribution in [0.4, 0.5) is 4.79 Å². The van der Waals surface area contributed by atoms with Gasteiger partial charge in [0.15, 0.2) is 0 Å². The summed E-state index contributed by atoms with van der Waals surface area (Å²) in [7, 11) is 0. The Labute approximate surface area is 97.8 Å². The predicted molar refractivity (Wildman–Crippen MR) is 68.5 cm³/mol. The van der Waals surface area contributed by atoms with Gasteiger partial charge in [-0.05, 0) is 38.7 Å². The van der Waals surface area contributed by atoms with Crippen LogP contribution in [-0.4, -0.2) is 30.6 Å². The summed E-state index contributed by atoms with van der Waals surface area (Å²) < 4.78 is 0. The molecule has 0 aromatic rings. The van der Waals surface area contributed by atoms with E-state index in [1.165, 1.54) is 25.0 Å². The summed E-state index contributed by atoms with van der Waals surface area (Å²) >= 11 is 1.90. The number of hydrogen-bond donors (Lipinski definition) is 2. The van der Waals surface area contributed by atoms with E-state index in [1.807, 2.05) is 25.6 Å². The molecule has 0 aliphatic heterocycles. The van der Waals surface area contributed by atoms with E-state index < -0.39 is 0 Å². The summed E-state index contributed by atoms with van der Waals surface area (Å²) in [5, 5.41) is 5.65. The second-order valence-electron chi connectivity index (χ2n) is 3.96. The van der Waals surface area contributed by atoms with Gasteiger partial charge in [0.2, 0.25) is 0 Å². The van der Waals surface area contributed by atoms with Gasteiger partial charge in [-0.3, -0.25) is 0 Å². The van der Waals surface area contributed by atoms with Gasteiger partial charge in [0.1, 0.15) is 0 Å². The van der Waals surface area contributed by atoms with E-state index in [2.05, 4.69) is 16.9 Å². The lowest BCUT2D eigenvalue weighted by Crippen LogP contribution is -2.39. The molecule has 0 aromatic heterocycles. The van der Waals surface area contributed by atoms with Gasteiger partial charge in [-0.2, -0.15) is 11.8 Å². The number of hydrogen-bond acceptors (Lipinski definition) is 2. The molecule has 15 heavy (non-hydrogen) atoms. The highest BCUT2D eigenvalue weighted by Gasteiger charge is 2.00. The molecule has 0 atom stereocenters. The molecular formula is C11H24N2OS. The zero-order valence-electron chi connectivity index (χ0n) is 10.1. The third-order valence-electron chi connectivity index (χ3n) is 1.98. The van der Waals surface area contributed by atoms with Gasteiger partial charge in [0.25, 0.3) is 0 Å². The first-order valence-corrected chi connectivity index (χ1v) is 7.09. The zero-order chi connectivity index (χ0) is 11.5. The molecule has 0 spiro atoms. The monoisotopic (exact) mass is 232 g/mol. The number of carbonyl (C=O) groups is 1. The summed E-state index contributed by atoms with van der Waals surface area (Å²) in [6.07, 6.45) is 6.99. The topological polar surface area (TPSA) is 41.1 Å². The van der Waals surface area contributed by atoms with E-state index >= 15 is 0 Å². The van der Waals surface area contributed by atoms with Crippen LogP contribution in [0.25, 0.3) is 0 Å². The van der Waals surface area contributed by atoms with Gasteiger partial charge in [-0.1, -0.05) is 12.8 Å². The van der Waals surface area contributed by atoms with Crippen LogP contribution in [0.3, 0.4) is 0 Å². The van der Waals surface area contributed by atoms with Crippen LogP contribution in [0.15, 0.2) is 0 Å². The number of unbranched alkanes of at least 4 members (excludes halogenated alkanes) is 3. The summed E-state index contributed by atoms with van der Waals surface area (Å²) in [5.74, 6) is 1.25. The van der Waals surface area contributed by atoms with Gasteiger partial charge in [0, 0.05) is 12.6 Å². The first-order chi connectivity index (χ1) is 7.16. The standard InChI is InChI=1S/C11H24N2OS/c1-10(2)13-11(14)12-8-6-4-5-7-9-15-3/h10H,4-9H2,1-3H3,(H2,12,13,14). The minimum atomic E-state index is -0.0471. The third kappa shape index (κ3) is 11.5. The maximum Gasteiger partial charge on any atom is 0.314 e. The highest BCUT2D eigenvalue weighted by Crippen LogP contribution is 2.03. The summed E-state index contributed by atoms with van der Waals surface area (Å²) in [4.78, 5) is 11.2. The van der Waals surface area contributed by atoms with Gasteiger partial charge in [-0.15, -0.1) is 0 Å². The quantitative estimate of drug-likeness (QED) is 0.632. The van der Waals surface area contributed by atoms with Gasteiger partial charge in [-0.25, -0.2) is 4.79 Å². The molecule has 0 saturated heterocycles. The minimum Gasteiger partial charge on any atom is -0.338 e. The zero-order valence-corrected chi connectivity index (χ0v) is 11.0. The Morgan fingerprint density at radius 1 is 1.20 bits per heavy atom. The van der Waals surface area contributed by atoms with Crippen molar-refractivity contribution < 1.29 is 4.79 Å². The molecule has 4 heteroatoms. The Kier molecular flexibility index (Phi) is 9.89. The van der Waals surface area contributed by atoms with Crippen molar-refractivity contribution in [2.24, 2.45) is 0 Å². The van der Waals surface area contributed by atoms with Crippen LogP contribution in [0.1, 0.15) is 39.5 Å². The molecule has 2 amide bonds. The van der Waals surface area contributed by atoms with Crippen LogP contribution < -0.4 is 10.6 Å². The fourth-order valence-corrected chi connectivity index (χ4v) is 1.73. The average molecular weight is 232 g/mol. The third-order valence-corrected chi connectivity index (χ3v) is 2.68. The van der Waals surface area contributed by atoms with Crippen molar-refractivity contribution >= 4 is 17.8 Å². The fraction of sp³-hybridized carbons (Fsp3) is 0.909. The molecule has 0 rings (SSSR count). The Bertz CT molecular complexity index is 163. The van der Waals surface area contributed by atoms with E-state index in [-0.39, 0.29) is 12.1 Å².